The molecule has 2 N–H and O–H groups in total. The summed E-state index contributed by atoms with van der Waals surface area (Å²) in [5.74, 6) is -2.39. The summed E-state index contributed by atoms with van der Waals surface area (Å²) in [6.45, 7) is 6.88. The molecule has 0 spiro atoms. The number of rotatable bonds is 5. The first-order valence-corrected chi connectivity index (χ1v) is 8.88. The number of thiazole rings is 1. The second-order valence-electron chi connectivity index (χ2n) is 6.99. The first kappa shape index (κ1) is 20.0. The second kappa shape index (κ2) is 7.90. The van der Waals surface area contributed by atoms with Crippen LogP contribution in [0, 0.1) is 17.0 Å². The van der Waals surface area contributed by atoms with Crippen molar-refractivity contribution in [3.05, 3.63) is 46.5 Å². The van der Waals surface area contributed by atoms with E-state index in [1.807, 2.05) is 0 Å². The fourth-order valence-corrected chi connectivity index (χ4v) is 2.84. The van der Waals surface area contributed by atoms with E-state index < -0.39 is 23.1 Å². The van der Waals surface area contributed by atoms with E-state index in [1.54, 1.807) is 33.9 Å². The zero-order valence-electron chi connectivity index (χ0n) is 15.0. The molecule has 2 rings (SSSR count). The molecule has 2 amide bonds. The van der Waals surface area contributed by atoms with Gasteiger partial charge in [0.25, 0.3) is 0 Å². The number of nitrogens with zero attached hydrogens (tertiary/aromatic N) is 1. The van der Waals surface area contributed by atoms with Gasteiger partial charge in [-0.2, -0.15) is 0 Å². The van der Waals surface area contributed by atoms with Crippen molar-refractivity contribution >= 4 is 28.3 Å². The number of carbonyl (C=O) groups is 2. The molecular formula is C18H21F2N3O2S. The summed E-state index contributed by atoms with van der Waals surface area (Å²) < 4.78 is 26.2. The SMILES string of the molecule is C[C@H](NC(=O)C(C)(C)C)C(=O)Nc1ncc(Cc2ccc(F)c(F)c2)s1. The molecule has 0 aliphatic heterocycles. The Hall–Kier alpha value is -2.35. The number of halogens is 2. The number of hydrogen-bond acceptors (Lipinski definition) is 4. The molecule has 0 aliphatic rings. The lowest BCUT2D eigenvalue weighted by atomic mass is 9.95. The predicted octanol–water partition coefficient (Wildman–Crippen LogP) is 3.50. The summed E-state index contributed by atoms with van der Waals surface area (Å²) in [6.07, 6.45) is 1.95. The first-order chi connectivity index (χ1) is 12.1. The molecular weight excluding hydrogens is 360 g/mol. The number of amides is 2. The van der Waals surface area contributed by atoms with Crippen LogP contribution < -0.4 is 10.6 Å². The van der Waals surface area contributed by atoms with Crippen molar-refractivity contribution < 1.29 is 18.4 Å². The Morgan fingerprint density at radius 2 is 1.92 bits per heavy atom. The molecule has 140 valence electrons. The van der Waals surface area contributed by atoms with Gasteiger partial charge in [-0.05, 0) is 24.6 Å². The molecule has 5 nitrogen and oxygen atoms in total. The van der Waals surface area contributed by atoms with E-state index in [9.17, 15) is 18.4 Å². The number of nitrogens with one attached hydrogen (secondary N) is 2. The van der Waals surface area contributed by atoms with Gasteiger partial charge in [-0.15, -0.1) is 11.3 Å². The Morgan fingerprint density at radius 1 is 1.23 bits per heavy atom. The highest BCUT2D eigenvalue weighted by Crippen LogP contribution is 2.22. The van der Waals surface area contributed by atoms with Crippen LogP contribution in [0.4, 0.5) is 13.9 Å². The van der Waals surface area contributed by atoms with Crippen molar-refractivity contribution in [2.75, 3.05) is 5.32 Å². The van der Waals surface area contributed by atoms with Crippen molar-refractivity contribution in [2.45, 2.75) is 40.2 Å². The summed E-state index contributed by atoms with van der Waals surface area (Å²) in [5, 5.41) is 5.67. The van der Waals surface area contributed by atoms with Gasteiger partial charge in [-0.1, -0.05) is 26.8 Å². The third-order valence-corrected chi connectivity index (χ3v) is 4.48. The van der Waals surface area contributed by atoms with E-state index in [4.69, 9.17) is 0 Å². The minimum absolute atomic E-state index is 0.224. The highest BCUT2D eigenvalue weighted by molar-refractivity contribution is 7.15. The standard InChI is InChI=1S/C18H21F2N3O2S/c1-10(22-16(25)18(2,3)4)15(24)23-17-21-9-12(26-17)7-11-5-6-13(19)14(20)8-11/h5-6,8-10H,7H2,1-4H3,(H,22,25)(H,21,23,24)/t10-/m0/s1. The van der Waals surface area contributed by atoms with Gasteiger partial charge < -0.3 is 10.6 Å². The maximum absolute atomic E-state index is 13.3. The summed E-state index contributed by atoms with van der Waals surface area (Å²) in [4.78, 5) is 29.0. The molecule has 26 heavy (non-hydrogen) atoms. The number of hydrogen-bond donors (Lipinski definition) is 2. The molecule has 1 heterocycles. The second-order valence-corrected chi connectivity index (χ2v) is 8.11. The Kier molecular flexibility index (Phi) is 6.07. The van der Waals surface area contributed by atoms with Crippen LogP contribution in [0.1, 0.15) is 38.1 Å². The number of anilines is 1. The zero-order valence-corrected chi connectivity index (χ0v) is 15.8. The molecule has 0 radical (unpaired) electrons. The van der Waals surface area contributed by atoms with Crippen molar-refractivity contribution in [3.8, 4) is 0 Å². The maximum atomic E-state index is 13.3. The lowest BCUT2D eigenvalue weighted by molar-refractivity contribution is -0.131. The largest absolute Gasteiger partial charge is 0.344 e. The highest BCUT2D eigenvalue weighted by Gasteiger charge is 2.25. The smallest absolute Gasteiger partial charge is 0.248 e. The van der Waals surface area contributed by atoms with Gasteiger partial charge in [0.15, 0.2) is 16.8 Å². The molecule has 1 aromatic carbocycles. The minimum atomic E-state index is -0.899. The lowest BCUT2D eigenvalue weighted by Crippen LogP contribution is -2.46. The van der Waals surface area contributed by atoms with Crippen molar-refractivity contribution in [3.63, 3.8) is 0 Å². The monoisotopic (exact) mass is 381 g/mol. The molecule has 8 heteroatoms. The Labute approximate surface area is 154 Å². The highest BCUT2D eigenvalue weighted by atomic mass is 32.1. The molecule has 1 atom stereocenters. The van der Waals surface area contributed by atoms with E-state index >= 15 is 0 Å². The maximum Gasteiger partial charge on any atom is 0.248 e. The van der Waals surface area contributed by atoms with E-state index in [2.05, 4.69) is 15.6 Å². The topological polar surface area (TPSA) is 71.1 Å². The summed E-state index contributed by atoms with van der Waals surface area (Å²) in [7, 11) is 0. The average molecular weight is 381 g/mol. The molecule has 0 saturated heterocycles. The van der Waals surface area contributed by atoms with Gasteiger partial charge in [0.1, 0.15) is 6.04 Å². The number of aromatic nitrogens is 1. The molecule has 0 fully saturated rings. The fraction of sp³-hybridized carbons (Fsp3) is 0.389. The van der Waals surface area contributed by atoms with Crippen molar-refractivity contribution in [2.24, 2.45) is 5.41 Å². The zero-order chi connectivity index (χ0) is 19.5. The fourth-order valence-electron chi connectivity index (χ4n) is 1.99. The van der Waals surface area contributed by atoms with E-state index in [-0.39, 0.29) is 11.8 Å². The third-order valence-electron chi connectivity index (χ3n) is 3.57. The molecule has 0 bridgehead atoms. The van der Waals surface area contributed by atoms with Crippen LogP contribution in [0.25, 0.3) is 0 Å². The van der Waals surface area contributed by atoms with Crippen LogP contribution in [0.2, 0.25) is 0 Å². The van der Waals surface area contributed by atoms with Gasteiger partial charge >= 0.3 is 0 Å². The molecule has 1 aromatic heterocycles. The average Bonchev–Trinajstić information content (AvgIpc) is 2.97. The lowest BCUT2D eigenvalue weighted by Gasteiger charge is -2.21. The van der Waals surface area contributed by atoms with Crippen LogP contribution in [0.15, 0.2) is 24.4 Å². The van der Waals surface area contributed by atoms with Crippen LogP contribution in [0.3, 0.4) is 0 Å². The van der Waals surface area contributed by atoms with Gasteiger partial charge in [0.2, 0.25) is 11.8 Å². The van der Waals surface area contributed by atoms with Crippen LogP contribution >= 0.6 is 11.3 Å². The number of benzene rings is 1. The van der Waals surface area contributed by atoms with Crippen LogP contribution in [-0.2, 0) is 16.0 Å². The molecule has 0 saturated carbocycles. The summed E-state index contributed by atoms with van der Waals surface area (Å²) in [6, 6.07) is 3.01. The Balaban J connectivity index is 1.95. The van der Waals surface area contributed by atoms with Crippen molar-refractivity contribution in [1.29, 1.82) is 0 Å². The van der Waals surface area contributed by atoms with Gasteiger partial charge in [0.05, 0.1) is 0 Å². The Bertz CT molecular complexity index is 815. The molecule has 2 aromatic rings. The van der Waals surface area contributed by atoms with Gasteiger partial charge in [-0.3, -0.25) is 9.59 Å². The quantitative estimate of drug-likeness (QED) is 0.833. The molecule has 0 unspecified atom stereocenters. The van der Waals surface area contributed by atoms with E-state index in [0.717, 1.165) is 17.0 Å². The molecule has 0 aliphatic carbocycles. The first-order valence-electron chi connectivity index (χ1n) is 8.06. The van der Waals surface area contributed by atoms with Gasteiger partial charge in [0, 0.05) is 22.9 Å². The van der Waals surface area contributed by atoms with E-state index in [1.165, 1.54) is 17.4 Å². The number of carbonyl (C=O) groups excluding carboxylic acids is 2. The normalized spacial score (nSPS) is 12.5. The van der Waals surface area contributed by atoms with Crippen LogP contribution in [0.5, 0.6) is 0 Å². The Morgan fingerprint density at radius 3 is 2.54 bits per heavy atom. The summed E-state index contributed by atoms with van der Waals surface area (Å²) in [5.41, 5.74) is 0.0177. The van der Waals surface area contributed by atoms with Crippen molar-refractivity contribution in [1.82, 2.24) is 10.3 Å². The minimum Gasteiger partial charge on any atom is -0.344 e. The van der Waals surface area contributed by atoms with Crippen LogP contribution in [-0.4, -0.2) is 22.8 Å². The van der Waals surface area contributed by atoms with E-state index in [0.29, 0.717) is 17.1 Å². The van der Waals surface area contributed by atoms with Gasteiger partial charge in [-0.25, -0.2) is 13.8 Å². The predicted molar refractivity (Wildman–Crippen MR) is 97.0 cm³/mol. The summed E-state index contributed by atoms with van der Waals surface area (Å²) >= 11 is 1.24. The third kappa shape index (κ3) is 5.32.